The number of fused-ring (bicyclic) bond motifs is 1. The third kappa shape index (κ3) is 2.62. The summed E-state index contributed by atoms with van der Waals surface area (Å²) in [6, 6.07) is 9.55. The maximum Gasteiger partial charge on any atom is 0.185 e. The summed E-state index contributed by atoms with van der Waals surface area (Å²) < 4.78 is 0.894. The van der Waals surface area contributed by atoms with Crippen molar-refractivity contribution in [2.24, 2.45) is 0 Å². The summed E-state index contributed by atoms with van der Waals surface area (Å²) in [5.41, 5.74) is 0.975. The van der Waals surface area contributed by atoms with E-state index in [9.17, 15) is 5.21 Å². The summed E-state index contributed by atoms with van der Waals surface area (Å²) in [4.78, 5) is 4.28. The Morgan fingerprint density at radius 3 is 2.61 bits per heavy atom. The van der Waals surface area contributed by atoms with Gasteiger partial charge in [0.1, 0.15) is 5.15 Å². The molecule has 0 aliphatic heterocycles. The lowest BCUT2D eigenvalue weighted by atomic mass is 10.1. The fourth-order valence-corrected chi connectivity index (χ4v) is 1.71. The summed E-state index contributed by atoms with van der Waals surface area (Å²) in [6.45, 7) is 5.54. The van der Waals surface area contributed by atoms with Gasteiger partial charge < -0.3 is 5.21 Å². The van der Waals surface area contributed by atoms with Crippen LogP contribution in [0, 0.1) is 5.21 Å². The highest BCUT2D eigenvalue weighted by atomic mass is 35.5. The van der Waals surface area contributed by atoms with Gasteiger partial charge in [-0.1, -0.05) is 29.8 Å². The van der Waals surface area contributed by atoms with Crippen molar-refractivity contribution >= 4 is 28.7 Å². The second-order valence-corrected chi connectivity index (χ2v) is 5.54. The molecule has 4 heteroatoms. The summed E-state index contributed by atoms with van der Waals surface area (Å²) >= 11 is 6.09. The zero-order chi connectivity index (χ0) is 13.3. The second kappa shape index (κ2) is 4.58. The number of pyridine rings is 1. The van der Waals surface area contributed by atoms with Gasteiger partial charge >= 0.3 is 0 Å². The molecule has 0 saturated heterocycles. The van der Waals surface area contributed by atoms with Gasteiger partial charge in [0.2, 0.25) is 0 Å². The molecule has 0 radical (unpaired) electrons. The largest absolute Gasteiger partial charge is 0.623 e. The molecule has 0 N–H and O–H groups in total. The minimum absolute atomic E-state index is 0.346. The summed E-state index contributed by atoms with van der Waals surface area (Å²) in [5, 5.41) is 13.2. The van der Waals surface area contributed by atoms with Crippen molar-refractivity contribution in [1.29, 1.82) is 0 Å². The Morgan fingerprint density at radius 2 is 1.94 bits per heavy atom. The van der Waals surface area contributed by atoms with E-state index in [1.807, 2.05) is 51.1 Å². The van der Waals surface area contributed by atoms with Crippen LogP contribution in [0.5, 0.6) is 0 Å². The van der Waals surface area contributed by atoms with Crippen LogP contribution in [0.1, 0.15) is 26.3 Å². The first-order valence-corrected chi connectivity index (χ1v) is 6.12. The quantitative estimate of drug-likeness (QED) is 0.259. The molecule has 1 heterocycles. The topological polar surface area (TPSA) is 39.0 Å². The van der Waals surface area contributed by atoms with E-state index in [1.165, 1.54) is 6.21 Å². The van der Waals surface area contributed by atoms with E-state index in [-0.39, 0.29) is 0 Å². The lowest BCUT2D eigenvalue weighted by Crippen LogP contribution is -2.29. The Hall–Kier alpha value is -1.61. The number of benzene rings is 1. The Labute approximate surface area is 111 Å². The van der Waals surface area contributed by atoms with Gasteiger partial charge in [-0.2, -0.15) is 0 Å². The van der Waals surface area contributed by atoms with E-state index in [2.05, 4.69) is 4.98 Å². The average molecular weight is 263 g/mol. The van der Waals surface area contributed by atoms with Gasteiger partial charge in [0.05, 0.1) is 11.1 Å². The Bertz CT molecular complexity index is 615. The molecule has 0 atom stereocenters. The zero-order valence-electron chi connectivity index (χ0n) is 10.6. The lowest BCUT2D eigenvalue weighted by Gasteiger charge is -2.18. The maximum atomic E-state index is 11.9. The van der Waals surface area contributed by atoms with Crippen LogP contribution in [0.15, 0.2) is 30.3 Å². The molecule has 1 aromatic carbocycles. The molecule has 18 heavy (non-hydrogen) atoms. The van der Waals surface area contributed by atoms with Crippen LogP contribution in [-0.4, -0.2) is 21.5 Å². The summed E-state index contributed by atoms with van der Waals surface area (Å²) in [5.74, 6) is 0. The van der Waals surface area contributed by atoms with E-state index in [0.717, 1.165) is 15.6 Å². The molecule has 1 aromatic heterocycles. The molecule has 2 aromatic rings. The normalized spacial score (nSPS) is 13.0. The number of rotatable bonds is 1. The molecular weight excluding hydrogens is 248 g/mol. The van der Waals surface area contributed by atoms with E-state index >= 15 is 0 Å². The number of aromatic nitrogens is 1. The highest BCUT2D eigenvalue weighted by molar-refractivity contribution is 6.32. The maximum absolute atomic E-state index is 11.9. The van der Waals surface area contributed by atoms with Crippen LogP contribution in [0.2, 0.25) is 5.15 Å². The molecule has 0 aliphatic rings. The van der Waals surface area contributed by atoms with Crippen molar-refractivity contribution in [3.63, 3.8) is 0 Å². The minimum Gasteiger partial charge on any atom is -0.623 e. The van der Waals surface area contributed by atoms with E-state index in [1.54, 1.807) is 0 Å². The highest BCUT2D eigenvalue weighted by Gasteiger charge is 2.19. The molecule has 0 unspecified atom stereocenters. The zero-order valence-corrected chi connectivity index (χ0v) is 11.4. The predicted molar refractivity (Wildman–Crippen MR) is 75.3 cm³/mol. The first-order valence-electron chi connectivity index (χ1n) is 5.74. The molecule has 0 saturated carbocycles. The molecule has 94 valence electrons. The third-order valence-electron chi connectivity index (χ3n) is 2.62. The minimum atomic E-state index is -0.491. The van der Waals surface area contributed by atoms with Crippen LogP contribution in [0.25, 0.3) is 10.9 Å². The van der Waals surface area contributed by atoms with Crippen molar-refractivity contribution in [3.05, 3.63) is 46.3 Å². The first kappa shape index (κ1) is 12.8. The van der Waals surface area contributed by atoms with Crippen molar-refractivity contribution in [2.45, 2.75) is 26.3 Å². The smallest absolute Gasteiger partial charge is 0.185 e. The molecule has 0 aliphatic carbocycles. The number of hydrogen-bond acceptors (Lipinski definition) is 2. The first-order chi connectivity index (χ1) is 8.38. The Morgan fingerprint density at radius 1 is 1.28 bits per heavy atom. The predicted octanol–water partition coefficient (Wildman–Crippen LogP) is 3.62. The molecule has 0 fully saturated rings. The number of hydroxylamine groups is 1. The number of para-hydroxylation sites is 1. The van der Waals surface area contributed by atoms with Gasteiger partial charge in [0.15, 0.2) is 11.8 Å². The molecule has 0 amide bonds. The third-order valence-corrected chi connectivity index (χ3v) is 2.92. The van der Waals surface area contributed by atoms with Gasteiger partial charge in [-0.25, -0.2) is 9.72 Å². The summed E-state index contributed by atoms with van der Waals surface area (Å²) in [7, 11) is 0. The molecule has 0 spiro atoms. The van der Waals surface area contributed by atoms with E-state index < -0.39 is 5.54 Å². The van der Waals surface area contributed by atoms with Crippen LogP contribution in [0.4, 0.5) is 0 Å². The SMILES string of the molecule is CC(C)(C)[N+]([O-])=Cc1cc2ccccc2nc1Cl. The van der Waals surface area contributed by atoms with Crippen LogP contribution in [-0.2, 0) is 0 Å². The lowest BCUT2D eigenvalue weighted by molar-refractivity contribution is -0.530. The van der Waals surface area contributed by atoms with Crippen LogP contribution >= 0.6 is 11.6 Å². The fourth-order valence-electron chi connectivity index (χ4n) is 1.52. The van der Waals surface area contributed by atoms with Gasteiger partial charge in [-0.15, -0.1) is 0 Å². The Balaban J connectivity index is 2.55. The van der Waals surface area contributed by atoms with Crippen LogP contribution < -0.4 is 0 Å². The molecule has 3 nitrogen and oxygen atoms in total. The fraction of sp³-hybridized carbons (Fsp3) is 0.286. The van der Waals surface area contributed by atoms with Crippen molar-refractivity contribution < 1.29 is 4.74 Å². The number of nitrogens with zero attached hydrogens (tertiary/aromatic N) is 2. The van der Waals surface area contributed by atoms with Gasteiger partial charge in [-0.05, 0) is 12.1 Å². The highest BCUT2D eigenvalue weighted by Crippen LogP contribution is 2.19. The molecular formula is C14H15ClN2O. The van der Waals surface area contributed by atoms with Gasteiger partial charge in [0, 0.05) is 26.2 Å². The van der Waals surface area contributed by atoms with Crippen molar-refractivity contribution in [2.75, 3.05) is 0 Å². The van der Waals surface area contributed by atoms with Gasteiger partial charge in [0.25, 0.3) is 0 Å². The second-order valence-electron chi connectivity index (χ2n) is 5.19. The van der Waals surface area contributed by atoms with E-state index in [4.69, 9.17) is 11.6 Å². The molecule has 2 rings (SSSR count). The van der Waals surface area contributed by atoms with Crippen LogP contribution in [0.3, 0.4) is 0 Å². The van der Waals surface area contributed by atoms with Gasteiger partial charge in [-0.3, -0.25) is 0 Å². The number of halogens is 1. The molecule has 0 bridgehead atoms. The standard InChI is InChI=1S/C14H15ClN2O/c1-14(2,3)17(18)9-11-8-10-6-4-5-7-12(10)16-13(11)15/h4-9H,1-3H3. The average Bonchev–Trinajstić information content (AvgIpc) is 2.28. The number of hydrogen-bond donors (Lipinski definition) is 0. The monoisotopic (exact) mass is 262 g/mol. The van der Waals surface area contributed by atoms with Crippen molar-refractivity contribution in [1.82, 2.24) is 4.98 Å². The Kier molecular flexibility index (Phi) is 3.26. The van der Waals surface area contributed by atoms with Crippen molar-refractivity contribution in [3.8, 4) is 0 Å². The van der Waals surface area contributed by atoms with E-state index in [0.29, 0.717) is 10.7 Å². The summed E-state index contributed by atoms with van der Waals surface area (Å²) in [6.07, 6.45) is 1.49.